The van der Waals surface area contributed by atoms with Gasteiger partial charge in [0.25, 0.3) is 5.91 Å². The minimum atomic E-state index is -3.48. The van der Waals surface area contributed by atoms with Crippen LogP contribution in [-0.4, -0.2) is 40.8 Å². The van der Waals surface area contributed by atoms with Crippen molar-refractivity contribution < 1.29 is 22.7 Å². The van der Waals surface area contributed by atoms with Crippen LogP contribution in [0.5, 0.6) is 11.5 Å². The molecule has 0 radical (unpaired) electrons. The Kier molecular flexibility index (Phi) is 8.17. The molecule has 0 unspecified atom stereocenters. The van der Waals surface area contributed by atoms with Crippen LogP contribution < -0.4 is 19.1 Å². The number of hydrogen-bond acceptors (Lipinski definition) is 5. The van der Waals surface area contributed by atoms with E-state index in [0.717, 1.165) is 16.7 Å². The Morgan fingerprint density at radius 2 is 1.65 bits per heavy atom. The lowest BCUT2D eigenvalue weighted by Gasteiger charge is -2.23. The number of nitrogens with zero attached hydrogens (tertiary/aromatic N) is 1. The van der Waals surface area contributed by atoms with Crippen LogP contribution in [-0.2, 0) is 16.6 Å². The predicted octanol–water partition coefficient (Wildman–Crippen LogP) is 4.09. The molecule has 34 heavy (non-hydrogen) atoms. The molecule has 3 rings (SSSR count). The number of hydrogen-bond donors (Lipinski definition) is 1. The van der Waals surface area contributed by atoms with Crippen LogP contribution in [0.25, 0.3) is 0 Å². The van der Waals surface area contributed by atoms with Gasteiger partial charge in [-0.3, -0.25) is 9.10 Å². The summed E-state index contributed by atoms with van der Waals surface area (Å²) in [7, 11) is -1.89. The van der Waals surface area contributed by atoms with Gasteiger partial charge in [-0.2, -0.15) is 0 Å². The first-order valence-electron chi connectivity index (χ1n) is 10.9. The molecular formula is C26H30N2O5S. The summed E-state index contributed by atoms with van der Waals surface area (Å²) in [5.41, 5.74) is 4.00. The van der Waals surface area contributed by atoms with Crippen molar-refractivity contribution in [2.75, 3.05) is 30.8 Å². The van der Waals surface area contributed by atoms with Crippen molar-refractivity contribution in [2.45, 2.75) is 20.4 Å². The van der Waals surface area contributed by atoms with Crippen molar-refractivity contribution in [3.05, 3.63) is 89.0 Å². The Bertz CT molecular complexity index is 1240. The molecule has 3 aromatic carbocycles. The van der Waals surface area contributed by atoms with Gasteiger partial charge in [0.1, 0.15) is 18.1 Å². The number of carbonyl (C=O) groups excluding carboxylic acids is 1. The van der Waals surface area contributed by atoms with Gasteiger partial charge in [-0.25, -0.2) is 8.42 Å². The second-order valence-electron chi connectivity index (χ2n) is 8.02. The van der Waals surface area contributed by atoms with E-state index in [2.05, 4.69) is 5.32 Å². The maximum Gasteiger partial charge on any atom is 0.251 e. The molecule has 0 saturated heterocycles. The average Bonchev–Trinajstić information content (AvgIpc) is 2.82. The molecule has 1 N–H and O–H groups in total. The maximum atomic E-state index is 12.4. The van der Waals surface area contributed by atoms with Gasteiger partial charge >= 0.3 is 0 Å². The summed E-state index contributed by atoms with van der Waals surface area (Å²) in [5.74, 6) is 1.14. The van der Waals surface area contributed by atoms with Crippen LogP contribution in [0.15, 0.2) is 66.7 Å². The summed E-state index contributed by atoms with van der Waals surface area (Å²) in [6, 6.07) is 19.7. The molecule has 0 aliphatic heterocycles. The smallest absolute Gasteiger partial charge is 0.251 e. The molecule has 8 heteroatoms. The number of methoxy groups -OCH3 is 1. The maximum absolute atomic E-state index is 12.4. The highest BCUT2D eigenvalue weighted by atomic mass is 32.2. The topological polar surface area (TPSA) is 84.9 Å². The zero-order valence-electron chi connectivity index (χ0n) is 19.9. The van der Waals surface area contributed by atoms with Crippen molar-refractivity contribution in [2.24, 2.45) is 0 Å². The van der Waals surface area contributed by atoms with E-state index in [1.54, 1.807) is 43.5 Å². The molecule has 1 amide bonds. The molecule has 3 aromatic rings. The van der Waals surface area contributed by atoms with Gasteiger partial charge in [-0.1, -0.05) is 24.3 Å². The first-order valence-corrected chi connectivity index (χ1v) is 12.7. The van der Waals surface area contributed by atoms with Gasteiger partial charge in [0.2, 0.25) is 10.0 Å². The highest BCUT2D eigenvalue weighted by Gasteiger charge is 2.18. The lowest BCUT2D eigenvalue weighted by atomic mass is 10.1. The third kappa shape index (κ3) is 6.74. The number of nitrogens with one attached hydrogen (secondary N) is 1. The second kappa shape index (κ2) is 11.1. The molecule has 180 valence electrons. The molecule has 0 bridgehead atoms. The van der Waals surface area contributed by atoms with Crippen LogP contribution in [0.4, 0.5) is 5.69 Å². The highest BCUT2D eigenvalue weighted by Crippen LogP contribution is 2.24. The van der Waals surface area contributed by atoms with E-state index < -0.39 is 10.0 Å². The van der Waals surface area contributed by atoms with Gasteiger partial charge in [0.15, 0.2) is 0 Å². The number of anilines is 1. The fraction of sp³-hybridized carbons (Fsp3) is 0.269. The summed E-state index contributed by atoms with van der Waals surface area (Å²) in [4.78, 5) is 12.4. The standard InChI is InChI=1S/C26H30N2O5S/c1-19-8-13-23(16-20(19)2)28(34(4,30)31)18-21-9-11-22(12-10-21)26(29)27-14-15-33-25-7-5-6-24(17-25)32-3/h5-13,16-17H,14-15,18H2,1-4H3,(H,27,29). The summed E-state index contributed by atoms with van der Waals surface area (Å²) >= 11 is 0. The number of rotatable bonds is 10. The number of benzene rings is 3. The first kappa shape index (κ1) is 25.1. The molecule has 0 heterocycles. The minimum Gasteiger partial charge on any atom is -0.497 e. The molecular weight excluding hydrogens is 452 g/mol. The number of aryl methyl sites for hydroxylation is 2. The SMILES string of the molecule is COc1cccc(OCCNC(=O)c2ccc(CN(c3ccc(C)c(C)c3)S(C)(=O)=O)cc2)c1. The molecule has 0 atom stereocenters. The fourth-order valence-electron chi connectivity index (χ4n) is 3.33. The van der Waals surface area contributed by atoms with E-state index in [1.807, 2.05) is 44.2 Å². The summed E-state index contributed by atoms with van der Waals surface area (Å²) in [6.07, 6.45) is 1.19. The Labute approximate surface area is 201 Å². The van der Waals surface area contributed by atoms with E-state index in [9.17, 15) is 13.2 Å². The van der Waals surface area contributed by atoms with Crippen LogP contribution in [0.3, 0.4) is 0 Å². The summed E-state index contributed by atoms with van der Waals surface area (Å²) in [6.45, 7) is 4.77. The summed E-state index contributed by atoms with van der Waals surface area (Å²) in [5, 5.41) is 2.82. The monoisotopic (exact) mass is 482 g/mol. The normalized spacial score (nSPS) is 11.1. The van der Waals surface area contributed by atoms with Gasteiger partial charge in [-0.05, 0) is 66.9 Å². The van der Waals surface area contributed by atoms with E-state index in [1.165, 1.54) is 10.6 Å². The molecule has 0 aliphatic rings. The van der Waals surface area contributed by atoms with E-state index in [-0.39, 0.29) is 12.5 Å². The Morgan fingerprint density at radius 1 is 0.941 bits per heavy atom. The van der Waals surface area contributed by atoms with E-state index in [0.29, 0.717) is 35.9 Å². The van der Waals surface area contributed by atoms with Crippen LogP contribution >= 0.6 is 0 Å². The highest BCUT2D eigenvalue weighted by molar-refractivity contribution is 7.92. The largest absolute Gasteiger partial charge is 0.497 e. The number of sulfonamides is 1. The van der Waals surface area contributed by atoms with Crippen molar-refractivity contribution in [1.29, 1.82) is 0 Å². The number of carbonyl (C=O) groups is 1. The third-order valence-electron chi connectivity index (χ3n) is 5.42. The van der Waals surface area contributed by atoms with Gasteiger partial charge in [0, 0.05) is 11.6 Å². The Morgan fingerprint density at radius 3 is 2.29 bits per heavy atom. The van der Waals surface area contributed by atoms with Crippen molar-refractivity contribution in [3.63, 3.8) is 0 Å². The molecule has 0 aliphatic carbocycles. The predicted molar refractivity (Wildman–Crippen MR) is 134 cm³/mol. The number of amides is 1. The lowest BCUT2D eigenvalue weighted by Crippen LogP contribution is -2.29. The Balaban J connectivity index is 1.58. The van der Waals surface area contributed by atoms with Crippen LogP contribution in [0.2, 0.25) is 0 Å². The van der Waals surface area contributed by atoms with Crippen molar-refractivity contribution >= 4 is 21.6 Å². The van der Waals surface area contributed by atoms with Crippen LogP contribution in [0.1, 0.15) is 27.0 Å². The fourth-order valence-corrected chi connectivity index (χ4v) is 4.21. The first-order chi connectivity index (χ1) is 16.2. The molecule has 0 fully saturated rings. The molecule has 0 saturated carbocycles. The minimum absolute atomic E-state index is 0.178. The van der Waals surface area contributed by atoms with E-state index >= 15 is 0 Å². The zero-order chi connectivity index (χ0) is 24.7. The third-order valence-corrected chi connectivity index (χ3v) is 6.56. The molecule has 7 nitrogen and oxygen atoms in total. The molecule has 0 aromatic heterocycles. The van der Waals surface area contributed by atoms with Crippen LogP contribution in [0, 0.1) is 13.8 Å². The van der Waals surface area contributed by atoms with Gasteiger partial charge in [-0.15, -0.1) is 0 Å². The van der Waals surface area contributed by atoms with Crippen molar-refractivity contribution in [1.82, 2.24) is 5.32 Å². The average molecular weight is 483 g/mol. The summed E-state index contributed by atoms with van der Waals surface area (Å²) < 4.78 is 37.0. The van der Waals surface area contributed by atoms with E-state index in [4.69, 9.17) is 9.47 Å². The van der Waals surface area contributed by atoms with Gasteiger partial charge in [0.05, 0.1) is 32.1 Å². The van der Waals surface area contributed by atoms with Gasteiger partial charge < -0.3 is 14.8 Å². The second-order valence-corrected chi connectivity index (χ2v) is 9.93. The van der Waals surface area contributed by atoms with Crippen molar-refractivity contribution in [3.8, 4) is 11.5 Å². The quantitative estimate of drug-likeness (QED) is 0.440. The number of ether oxygens (including phenoxy) is 2. The lowest BCUT2D eigenvalue weighted by molar-refractivity contribution is 0.0947. The Hall–Kier alpha value is -3.52. The zero-order valence-corrected chi connectivity index (χ0v) is 20.7. The molecule has 0 spiro atoms.